The van der Waals surface area contributed by atoms with Crippen molar-refractivity contribution in [2.24, 2.45) is 0 Å². The fourth-order valence-electron chi connectivity index (χ4n) is 1.44. The highest BCUT2D eigenvalue weighted by Gasteiger charge is 2.38. The van der Waals surface area contributed by atoms with E-state index in [0.717, 1.165) is 13.2 Å². The summed E-state index contributed by atoms with van der Waals surface area (Å²) in [7, 11) is 2.17. The molecular weight excluding hydrogens is 333 g/mol. The molecule has 0 aliphatic heterocycles. The number of methoxy groups -OCH3 is 2. The third-order valence-corrected chi connectivity index (χ3v) is 2.97. The van der Waals surface area contributed by atoms with Crippen molar-refractivity contribution in [3.8, 4) is 5.75 Å². The average Bonchev–Trinajstić information content (AvgIpc) is 2.35. The van der Waals surface area contributed by atoms with Crippen LogP contribution in [0.2, 0.25) is 0 Å². The first kappa shape index (κ1) is 15.8. The molecule has 0 heterocycles. The van der Waals surface area contributed by atoms with Crippen molar-refractivity contribution >= 4 is 21.9 Å². The van der Waals surface area contributed by atoms with Crippen LogP contribution in [0, 0.1) is 0 Å². The van der Waals surface area contributed by atoms with Gasteiger partial charge in [0.1, 0.15) is 5.75 Å². The molecule has 1 rings (SSSR count). The summed E-state index contributed by atoms with van der Waals surface area (Å²) in [5.41, 5.74) is -1.77. The van der Waals surface area contributed by atoms with Gasteiger partial charge in [-0.25, -0.2) is 4.79 Å². The molecule has 0 aliphatic carbocycles. The van der Waals surface area contributed by atoms with Crippen molar-refractivity contribution in [2.75, 3.05) is 14.2 Å². The Morgan fingerprint density at radius 1 is 1.37 bits per heavy atom. The number of rotatable bonds is 3. The number of halogens is 4. The molecule has 1 atom stereocenters. The van der Waals surface area contributed by atoms with Crippen LogP contribution in [0.4, 0.5) is 13.2 Å². The largest absolute Gasteiger partial charge is 0.496 e. The van der Waals surface area contributed by atoms with Gasteiger partial charge in [0.25, 0.3) is 0 Å². The van der Waals surface area contributed by atoms with E-state index in [1.54, 1.807) is 0 Å². The van der Waals surface area contributed by atoms with Gasteiger partial charge in [-0.3, -0.25) is 0 Å². The molecule has 0 bridgehead atoms. The van der Waals surface area contributed by atoms with Crippen LogP contribution in [-0.2, 0) is 15.7 Å². The van der Waals surface area contributed by atoms with E-state index in [2.05, 4.69) is 20.7 Å². The maximum absolute atomic E-state index is 12.9. The van der Waals surface area contributed by atoms with E-state index in [1.807, 2.05) is 0 Å². The first-order chi connectivity index (χ1) is 8.72. The van der Waals surface area contributed by atoms with E-state index in [9.17, 15) is 23.1 Å². The van der Waals surface area contributed by atoms with E-state index in [-0.39, 0.29) is 10.2 Å². The second-order valence-electron chi connectivity index (χ2n) is 3.50. The molecule has 106 valence electrons. The molecule has 0 spiro atoms. The summed E-state index contributed by atoms with van der Waals surface area (Å²) < 4.78 is 47.8. The number of aliphatic hydroxyl groups excluding tert-OH is 1. The molecule has 0 aromatic heterocycles. The molecule has 8 heteroatoms. The van der Waals surface area contributed by atoms with Gasteiger partial charge in [0.05, 0.1) is 24.3 Å². The van der Waals surface area contributed by atoms with Crippen molar-refractivity contribution in [2.45, 2.75) is 12.3 Å². The smallest absolute Gasteiger partial charge is 0.416 e. The lowest BCUT2D eigenvalue weighted by molar-refractivity contribution is -0.152. The Morgan fingerprint density at radius 2 is 1.95 bits per heavy atom. The van der Waals surface area contributed by atoms with Gasteiger partial charge in [-0.05, 0) is 28.1 Å². The summed E-state index contributed by atoms with van der Waals surface area (Å²) >= 11 is 2.99. The number of carbonyl (C=O) groups is 1. The zero-order valence-corrected chi connectivity index (χ0v) is 11.5. The molecule has 0 radical (unpaired) electrons. The van der Waals surface area contributed by atoms with E-state index < -0.39 is 29.4 Å². The molecule has 19 heavy (non-hydrogen) atoms. The van der Waals surface area contributed by atoms with Crippen LogP contribution >= 0.6 is 15.9 Å². The molecule has 1 N–H and O–H groups in total. The molecule has 0 fully saturated rings. The van der Waals surface area contributed by atoms with Gasteiger partial charge >= 0.3 is 12.1 Å². The predicted molar refractivity (Wildman–Crippen MR) is 62.7 cm³/mol. The van der Waals surface area contributed by atoms with Crippen LogP contribution in [0.25, 0.3) is 0 Å². The highest BCUT2D eigenvalue weighted by Crippen LogP contribution is 2.40. The van der Waals surface area contributed by atoms with Crippen LogP contribution in [0.3, 0.4) is 0 Å². The Morgan fingerprint density at radius 3 is 2.37 bits per heavy atom. The molecule has 0 amide bonds. The van der Waals surface area contributed by atoms with Crippen LogP contribution in [0.1, 0.15) is 17.2 Å². The van der Waals surface area contributed by atoms with Crippen molar-refractivity contribution in [3.63, 3.8) is 0 Å². The topological polar surface area (TPSA) is 55.8 Å². The monoisotopic (exact) mass is 342 g/mol. The summed E-state index contributed by atoms with van der Waals surface area (Å²) in [5, 5.41) is 9.59. The number of hydrogen-bond acceptors (Lipinski definition) is 4. The first-order valence-corrected chi connectivity index (χ1v) is 5.72. The lowest BCUT2D eigenvalue weighted by Crippen LogP contribution is -2.19. The summed E-state index contributed by atoms with van der Waals surface area (Å²) in [6.07, 6.45) is -6.76. The number of aliphatic hydroxyl groups is 1. The van der Waals surface area contributed by atoms with Gasteiger partial charge in [-0.2, -0.15) is 13.2 Å². The second-order valence-corrected chi connectivity index (χ2v) is 4.35. The Kier molecular flexibility index (Phi) is 4.81. The zero-order chi connectivity index (χ0) is 14.8. The fraction of sp³-hybridized carbons (Fsp3) is 0.364. The Labute approximate surface area is 115 Å². The molecule has 0 saturated carbocycles. The third-order valence-electron chi connectivity index (χ3n) is 2.35. The van der Waals surface area contributed by atoms with Gasteiger partial charge in [0, 0.05) is 5.56 Å². The van der Waals surface area contributed by atoms with Crippen molar-refractivity contribution in [1.82, 2.24) is 0 Å². The van der Waals surface area contributed by atoms with Crippen LogP contribution in [0.15, 0.2) is 16.6 Å². The van der Waals surface area contributed by atoms with Gasteiger partial charge < -0.3 is 14.6 Å². The number of benzene rings is 1. The molecule has 0 aliphatic rings. The highest BCUT2D eigenvalue weighted by molar-refractivity contribution is 9.10. The van der Waals surface area contributed by atoms with Gasteiger partial charge in [-0.15, -0.1) is 0 Å². The molecule has 0 saturated heterocycles. The quantitative estimate of drug-likeness (QED) is 0.858. The predicted octanol–water partition coefficient (Wildman–Crippen LogP) is 2.68. The van der Waals surface area contributed by atoms with Crippen LogP contribution in [0.5, 0.6) is 5.75 Å². The third kappa shape index (κ3) is 3.38. The van der Waals surface area contributed by atoms with Gasteiger partial charge in [-0.1, -0.05) is 0 Å². The molecule has 4 nitrogen and oxygen atoms in total. The minimum absolute atomic E-state index is 0.0619. The number of carbonyl (C=O) groups excluding carboxylic acids is 1. The summed E-state index contributed by atoms with van der Waals surface area (Å²) in [4.78, 5) is 11.2. The number of esters is 1. The standard InChI is InChI=1S/C11H10BrF3O4/c1-18-8-4-6(11(13,14)15)5(3-7(8)12)9(16)10(17)19-2/h3-4,9,16H,1-2H3. The molecule has 1 aromatic carbocycles. The summed E-state index contributed by atoms with van der Waals surface area (Å²) in [5.74, 6) is -1.24. The lowest BCUT2D eigenvalue weighted by Gasteiger charge is -2.18. The lowest BCUT2D eigenvalue weighted by atomic mass is 10.0. The normalized spacial score (nSPS) is 13.0. The minimum Gasteiger partial charge on any atom is -0.496 e. The number of hydrogen-bond donors (Lipinski definition) is 1. The SMILES string of the molecule is COC(=O)C(O)c1cc(Br)c(OC)cc1C(F)(F)F. The van der Waals surface area contributed by atoms with Gasteiger partial charge in [0.15, 0.2) is 6.10 Å². The van der Waals surface area contributed by atoms with E-state index in [1.165, 1.54) is 7.11 Å². The Hall–Kier alpha value is -1.28. The number of alkyl halides is 3. The Bertz CT molecular complexity index is 488. The number of ether oxygens (including phenoxy) is 2. The van der Waals surface area contributed by atoms with E-state index in [0.29, 0.717) is 6.07 Å². The van der Waals surface area contributed by atoms with Crippen molar-refractivity contribution in [1.29, 1.82) is 0 Å². The maximum atomic E-state index is 12.9. The van der Waals surface area contributed by atoms with E-state index in [4.69, 9.17) is 4.74 Å². The second kappa shape index (κ2) is 5.79. The molecule has 1 unspecified atom stereocenters. The Balaban J connectivity index is 3.45. The molecule has 1 aromatic rings. The summed E-state index contributed by atoms with van der Waals surface area (Å²) in [6.45, 7) is 0. The fourth-order valence-corrected chi connectivity index (χ4v) is 1.96. The first-order valence-electron chi connectivity index (χ1n) is 4.93. The van der Waals surface area contributed by atoms with Crippen molar-refractivity contribution < 1.29 is 32.5 Å². The zero-order valence-electron chi connectivity index (χ0n) is 9.92. The van der Waals surface area contributed by atoms with Crippen LogP contribution < -0.4 is 4.74 Å². The minimum atomic E-state index is -4.74. The average molecular weight is 343 g/mol. The van der Waals surface area contributed by atoms with Crippen molar-refractivity contribution in [3.05, 3.63) is 27.7 Å². The maximum Gasteiger partial charge on any atom is 0.416 e. The van der Waals surface area contributed by atoms with E-state index >= 15 is 0 Å². The van der Waals surface area contributed by atoms with Gasteiger partial charge in [0.2, 0.25) is 0 Å². The highest BCUT2D eigenvalue weighted by atomic mass is 79.9. The molecular formula is C11H10BrF3O4. The summed E-state index contributed by atoms with van der Waals surface area (Å²) in [6, 6.07) is 1.68. The van der Waals surface area contributed by atoms with Crippen LogP contribution in [-0.4, -0.2) is 25.3 Å².